The number of methoxy groups -OCH3 is 1. The summed E-state index contributed by atoms with van der Waals surface area (Å²) < 4.78 is 11.0. The van der Waals surface area contributed by atoms with Crippen molar-refractivity contribution >= 4 is 0 Å². The van der Waals surface area contributed by atoms with Crippen LogP contribution in [-0.4, -0.2) is 25.9 Å². The van der Waals surface area contributed by atoms with Gasteiger partial charge in [0.15, 0.2) is 0 Å². The van der Waals surface area contributed by atoms with Gasteiger partial charge in [-0.1, -0.05) is 39.5 Å². The van der Waals surface area contributed by atoms with Crippen LogP contribution in [0.5, 0.6) is 0 Å². The summed E-state index contributed by atoms with van der Waals surface area (Å²) in [6, 6.07) is 0. The lowest BCUT2D eigenvalue weighted by molar-refractivity contribution is -0.0794. The lowest BCUT2D eigenvalue weighted by Gasteiger charge is -2.31. The summed E-state index contributed by atoms with van der Waals surface area (Å²) in [6.07, 6.45) is 7.23. The lowest BCUT2D eigenvalue weighted by atomic mass is 9.93. The van der Waals surface area contributed by atoms with Crippen molar-refractivity contribution in [1.29, 1.82) is 0 Å². The Morgan fingerprint density at radius 1 is 1.13 bits per heavy atom. The third kappa shape index (κ3) is 6.16. The van der Waals surface area contributed by atoms with Gasteiger partial charge in [-0.05, 0) is 19.8 Å². The largest absolute Gasteiger partial charge is 0.378 e. The third-order valence-electron chi connectivity index (χ3n) is 3.07. The van der Waals surface area contributed by atoms with E-state index < -0.39 is 0 Å². The average Bonchev–Trinajstić information content (AvgIpc) is 2.29. The van der Waals surface area contributed by atoms with Crippen LogP contribution in [0.1, 0.15) is 52.4 Å². The van der Waals surface area contributed by atoms with Gasteiger partial charge < -0.3 is 9.47 Å². The summed E-state index contributed by atoms with van der Waals surface area (Å²) in [5.41, 5.74) is -0.0779. The SMILES string of the molecule is [CH2]COCC(CC)(CCCCCC)OC. The Morgan fingerprint density at radius 3 is 2.33 bits per heavy atom. The highest BCUT2D eigenvalue weighted by atomic mass is 16.5. The van der Waals surface area contributed by atoms with Crippen molar-refractivity contribution in [1.82, 2.24) is 0 Å². The van der Waals surface area contributed by atoms with Gasteiger partial charge in [-0.3, -0.25) is 0 Å². The van der Waals surface area contributed by atoms with Gasteiger partial charge in [0, 0.05) is 13.7 Å². The molecule has 2 heteroatoms. The molecule has 91 valence electrons. The molecule has 0 aromatic rings. The maximum absolute atomic E-state index is 5.62. The summed E-state index contributed by atoms with van der Waals surface area (Å²) in [5.74, 6) is 0. The molecule has 0 spiro atoms. The molecule has 0 aromatic heterocycles. The summed E-state index contributed by atoms with van der Waals surface area (Å²) in [6.45, 7) is 9.29. The Bertz CT molecular complexity index is 130. The van der Waals surface area contributed by atoms with Gasteiger partial charge in [0.25, 0.3) is 0 Å². The molecular formula is C13H27O2. The second kappa shape index (κ2) is 9.17. The molecule has 0 bridgehead atoms. The molecule has 0 aliphatic carbocycles. The van der Waals surface area contributed by atoms with Crippen LogP contribution in [0.25, 0.3) is 0 Å². The fraction of sp³-hybridized carbons (Fsp3) is 0.923. The fourth-order valence-corrected chi connectivity index (χ4v) is 1.79. The summed E-state index contributed by atoms with van der Waals surface area (Å²) in [5, 5.41) is 0. The Hall–Kier alpha value is -0.0800. The van der Waals surface area contributed by atoms with Crippen LogP contribution in [0.2, 0.25) is 0 Å². The Balaban J connectivity index is 3.88. The molecule has 0 saturated heterocycles. The number of unbranched alkanes of at least 4 members (excludes halogenated alkanes) is 3. The first-order valence-electron chi connectivity index (χ1n) is 6.16. The Kier molecular flexibility index (Phi) is 9.12. The zero-order valence-electron chi connectivity index (χ0n) is 10.7. The highest BCUT2D eigenvalue weighted by Gasteiger charge is 2.27. The van der Waals surface area contributed by atoms with Gasteiger partial charge in [0.05, 0.1) is 12.2 Å². The second-order valence-corrected chi connectivity index (χ2v) is 4.10. The van der Waals surface area contributed by atoms with E-state index in [4.69, 9.17) is 9.47 Å². The van der Waals surface area contributed by atoms with Crippen LogP contribution in [-0.2, 0) is 9.47 Å². The predicted molar refractivity (Wildman–Crippen MR) is 65.0 cm³/mol. The minimum absolute atomic E-state index is 0.0779. The van der Waals surface area contributed by atoms with E-state index in [0.717, 1.165) is 12.8 Å². The van der Waals surface area contributed by atoms with Gasteiger partial charge in [0.1, 0.15) is 0 Å². The first-order valence-corrected chi connectivity index (χ1v) is 6.16. The van der Waals surface area contributed by atoms with Crippen molar-refractivity contribution in [2.24, 2.45) is 0 Å². The van der Waals surface area contributed by atoms with Gasteiger partial charge in [-0.2, -0.15) is 0 Å². The molecule has 0 aromatic carbocycles. The summed E-state index contributed by atoms with van der Waals surface area (Å²) in [4.78, 5) is 0. The molecule has 0 saturated carbocycles. The van der Waals surface area contributed by atoms with Crippen molar-refractivity contribution < 1.29 is 9.47 Å². The maximum Gasteiger partial charge on any atom is 0.0908 e. The van der Waals surface area contributed by atoms with E-state index in [9.17, 15) is 0 Å². The maximum atomic E-state index is 5.62. The van der Waals surface area contributed by atoms with E-state index >= 15 is 0 Å². The van der Waals surface area contributed by atoms with Gasteiger partial charge in [-0.15, -0.1) is 0 Å². The van der Waals surface area contributed by atoms with E-state index in [1.54, 1.807) is 7.11 Å². The van der Waals surface area contributed by atoms with Crippen LogP contribution in [0.4, 0.5) is 0 Å². The monoisotopic (exact) mass is 215 g/mol. The highest BCUT2D eigenvalue weighted by molar-refractivity contribution is 4.78. The van der Waals surface area contributed by atoms with E-state index in [2.05, 4.69) is 20.8 Å². The van der Waals surface area contributed by atoms with Crippen molar-refractivity contribution in [3.63, 3.8) is 0 Å². The lowest BCUT2D eigenvalue weighted by Crippen LogP contribution is -2.36. The molecule has 0 amide bonds. The van der Waals surface area contributed by atoms with E-state index in [1.807, 2.05) is 0 Å². The average molecular weight is 215 g/mol. The van der Waals surface area contributed by atoms with Gasteiger partial charge in [-0.25, -0.2) is 0 Å². The third-order valence-corrected chi connectivity index (χ3v) is 3.07. The number of ether oxygens (including phenoxy) is 2. The molecule has 1 radical (unpaired) electrons. The molecule has 0 fully saturated rings. The molecule has 2 nitrogen and oxygen atoms in total. The fourth-order valence-electron chi connectivity index (χ4n) is 1.79. The second-order valence-electron chi connectivity index (χ2n) is 4.10. The van der Waals surface area contributed by atoms with Crippen molar-refractivity contribution in [2.45, 2.75) is 58.0 Å². The molecule has 1 unspecified atom stereocenters. The molecular weight excluding hydrogens is 188 g/mol. The molecule has 0 aliphatic heterocycles. The number of rotatable bonds is 10. The van der Waals surface area contributed by atoms with Crippen molar-refractivity contribution in [3.05, 3.63) is 6.92 Å². The van der Waals surface area contributed by atoms with Crippen molar-refractivity contribution in [3.8, 4) is 0 Å². The predicted octanol–water partition coefficient (Wildman–Crippen LogP) is 3.60. The van der Waals surface area contributed by atoms with Crippen molar-refractivity contribution in [2.75, 3.05) is 20.3 Å². The molecule has 0 heterocycles. The molecule has 1 atom stereocenters. The van der Waals surface area contributed by atoms with Gasteiger partial charge in [0.2, 0.25) is 0 Å². The molecule has 15 heavy (non-hydrogen) atoms. The first kappa shape index (κ1) is 14.9. The van der Waals surface area contributed by atoms with Crippen LogP contribution in [0, 0.1) is 6.92 Å². The van der Waals surface area contributed by atoms with E-state index in [-0.39, 0.29) is 5.60 Å². The van der Waals surface area contributed by atoms with Gasteiger partial charge >= 0.3 is 0 Å². The molecule has 0 rings (SSSR count). The quantitative estimate of drug-likeness (QED) is 0.518. The number of hydrogen-bond donors (Lipinski definition) is 0. The minimum atomic E-state index is -0.0779. The summed E-state index contributed by atoms with van der Waals surface area (Å²) >= 11 is 0. The normalized spacial score (nSPS) is 15.2. The highest BCUT2D eigenvalue weighted by Crippen LogP contribution is 2.23. The topological polar surface area (TPSA) is 18.5 Å². The van der Waals surface area contributed by atoms with E-state index in [1.165, 1.54) is 25.7 Å². The first-order chi connectivity index (χ1) is 7.24. The van der Waals surface area contributed by atoms with Crippen LogP contribution in [0.15, 0.2) is 0 Å². The van der Waals surface area contributed by atoms with Crippen LogP contribution < -0.4 is 0 Å². The van der Waals surface area contributed by atoms with Crippen LogP contribution in [0.3, 0.4) is 0 Å². The van der Waals surface area contributed by atoms with E-state index in [0.29, 0.717) is 13.2 Å². The molecule has 0 N–H and O–H groups in total. The summed E-state index contributed by atoms with van der Waals surface area (Å²) in [7, 11) is 1.79. The van der Waals surface area contributed by atoms with Crippen LogP contribution >= 0.6 is 0 Å². The Morgan fingerprint density at radius 2 is 1.87 bits per heavy atom. The zero-order chi connectivity index (χ0) is 11.6. The minimum Gasteiger partial charge on any atom is -0.378 e. The standard InChI is InChI=1S/C13H27O2/c1-5-8-9-10-11-13(6-2,14-4)12-15-7-3/h3,5-12H2,1-2,4H3. The Labute approximate surface area is 95.3 Å². The molecule has 0 aliphatic rings. The zero-order valence-corrected chi connectivity index (χ0v) is 10.7. The number of hydrogen-bond acceptors (Lipinski definition) is 2. The smallest absolute Gasteiger partial charge is 0.0908 e.